The van der Waals surface area contributed by atoms with Crippen LogP contribution in [-0.4, -0.2) is 11.8 Å². The molecule has 0 spiro atoms. The zero-order valence-corrected chi connectivity index (χ0v) is 15.6. The molecule has 4 rings (SSSR count). The normalized spacial score (nSPS) is 37.2. The van der Waals surface area contributed by atoms with Crippen LogP contribution in [0.5, 0.6) is 0 Å². The molecule has 1 aliphatic heterocycles. The molecule has 2 heterocycles. The lowest BCUT2D eigenvalue weighted by Gasteiger charge is -2.49. The summed E-state index contributed by atoms with van der Waals surface area (Å²) in [5.74, 6) is 1.30. The monoisotopic (exact) mass is 344 g/mol. The lowest BCUT2D eigenvalue weighted by molar-refractivity contribution is -0.148. The van der Waals surface area contributed by atoms with Crippen LogP contribution in [0.3, 0.4) is 0 Å². The molecule has 6 atom stereocenters. The molecule has 0 radical (unpaired) electrons. The van der Waals surface area contributed by atoms with Crippen LogP contribution in [0.4, 0.5) is 0 Å². The predicted molar refractivity (Wildman–Crippen MR) is 92.9 cm³/mol. The molecule has 2 aliphatic carbocycles. The van der Waals surface area contributed by atoms with Gasteiger partial charge in [-0.1, -0.05) is 27.2 Å². The van der Waals surface area contributed by atoms with Crippen molar-refractivity contribution >= 4 is 11.8 Å². The molecule has 1 saturated heterocycles. The van der Waals surface area contributed by atoms with Crippen molar-refractivity contribution in [2.75, 3.05) is 0 Å². The number of fused-ring (bicyclic) bond motifs is 2. The van der Waals surface area contributed by atoms with Crippen LogP contribution in [0.15, 0.2) is 10.7 Å². The Balaban J connectivity index is 1.71. The summed E-state index contributed by atoms with van der Waals surface area (Å²) in [6.45, 7) is 8.42. The number of aryl methyl sites for hydroxylation is 1. The summed E-state index contributed by atoms with van der Waals surface area (Å²) in [6, 6.07) is 0. The van der Waals surface area contributed by atoms with Gasteiger partial charge in [-0.3, -0.25) is 9.59 Å². The van der Waals surface area contributed by atoms with E-state index in [0.717, 1.165) is 42.6 Å². The van der Waals surface area contributed by atoms with Gasteiger partial charge in [-0.05, 0) is 37.2 Å². The van der Waals surface area contributed by atoms with E-state index in [1.165, 1.54) is 0 Å². The van der Waals surface area contributed by atoms with E-state index in [1.807, 2.05) is 6.92 Å². The summed E-state index contributed by atoms with van der Waals surface area (Å²) in [6.07, 6.45) is 5.72. The highest BCUT2D eigenvalue weighted by Gasteiger charge is 2.66. The molecule has 25 heavy (non-hydrogen) atoms. The van der Waals surface area contributed by atoms with Crippen LogP contribution in [0.2, 0.25) is 0 Å². The van der Waals surface area contributed by atoms with Gasteiger partial charge in [0.2, 0.25) is 0 Å². The van der Waals surface area contributed by atoms with Crippen LogP contribution in [0.1, 0.15) is 69.4 Å². The third kappa shape index (κ3) is 2.25. The Hall–Kier alpha value is -1.58. The maximum atomic E-state index is 13.0. The smallest absolute Gasteiger partial charge is 0.311 e. The quantitative estimate of drug-likeness (QED) is 0.760. The first kappa shape index (κ1) is 16.9. The molecule has 1 unspecified atom stereocenters. The van der Waals surface area contributed by atoms with Gasteiger partial charge in [0, 0.05) is 29.7 Å². The van der Waals surface area contributed by atoms with Gasteiger partial charge in [0.1, 0.15) is 17.6 Å². The standard InChI is InChI=1S/C21H28O4/c1-5-11(2)8-15(22)14-7-6-13-9-16-17(12(3)10-24-16)19-21(13,4)18(14)20(23)25-19/h10-11,13-14,18-19H,5-9H2,1-4H3/t11?,13-,14-,18-,19+,21+/m1/s1. The minimum absolute atomic E-state index is 0.173. The summed E-state index contributed by atoms with van der Waals surface area (Å²) in [5, 5.41) is 0. The fraction of sp³-hybridized carbons (Fsp3) is 0.714. The van der Waals surface area contributed by atoms with Gasteiger partial charge in [-0.15, -0.1) is 0 Å². The number of ketones is 1. The van der Waals surface area contributed by atoms with Crippen molar-refractivity contribution in [3.63, 3.8) is 0 Å². The van der Waals surface area contributed by atoms with Gasteiger partial charge in [0.25, 0.3) is 0 Å². The van der Waals surface area contributed by atoms with E-state index in [0.29, 0.717) is 18.3 Å². The number of esters is 1. The van der Waals surface area contributed by atoms with Gasteiger partial charge < -0.3 is 9.15 Å². The molecule has 0 N–H and O–H groups in total. The zero-order valence-electron chi connectivity index (χ0n) is 15.6. The molecular weight excluding hydrogens is 316 g/mol. The van der Waals surface area contributed by atoms with Crippen LogP contribution < -0.4 is 0 Å². The SMILES string of the molecule is CCC(C)CC(=O)[C@H]1CC[C@@H]2Cc3occ(C)c3[C@@H]3OC(=O)[C@@H]1[C@]23C. The van der Waals surface area contributed by atoms with E-state index in [1.54, 1.807) is 6.26 Å². The molecule has 4 nitrogen and oxygen atoms in total. The Morgan fingerprint density at radius 2 is 2.16 bits per heavy atom. The van der Waals surface area contributed by atoms with Crippen LogP contribution in [0, 0.1) is 36.0 Å². The maximum absolute atomic E-state index is 13.0. The average molecular weight is 344 g/mol. The number of Topliss-reactive ketones (excluding diaryl/α,β-unsaturated/α-hetero) is 1. The lowest BCUT2D eigenvalue weighted by atomic mass is 9.51. The molecule has 1 aromatic rings. The van der Waals surface area contributed by atoms with Crippen LogP contribution in [-0.2, 0) is 20.7 Å². The lowest BCUT2D eigenvalue weighted by Crippen LogP contribution is -2.49. The van der Waals surface area contributed by atoms with Gasteiger partial charge in [-0.25, -0.2) is 0 Å². The van der Waals surface area contributed by atoms with Gasteiger partial charge in [0.05, 0.1) is 12.2 Å². The second kappa shape index (κ2) is 5.72. The highest BCUT2D eigenvalue weighted by Crippen LogP contribution is 2.65. The molecular formula is C21H28O4. The van der Waals surface area contributed by atoms with Crippen molar-refractivity contribution in [1.82, 2.24) is 0 Å². The van der Waals surface area contributed by atoms with Crippen molar-refractivity contribution in [2.24, 2.45) is 29.1 Å². The number of hydrogen-bond donors (Lipinski definition) is 0. The van der Waals surface area contributed by atoms with E-state index in [2.05, 4.69) is 20.8 Å². The number of ether oxygens (including phenoxy) is 1. The fourth-order valence-electron chi connectivity index (χ4n) is 5.58. The Labute approximate surface area is 149 Å². The predicted octanol–water partition coefficient (Wildman–Crippen LogP) is 4.40. The van der Waals surface area contributed by atoms with Crippen molar-refractivity contribution in [3.05, 3.63) is 23.2 Å². The summed E-state index contributed by atoms with van der Waals surface area (Å²) >= 11 is 0. The van der Waals surface area contributed by atoms with Gasteiger partial charge in [-0.2, -0.15) is 0 Å². The van der Waals surface area contributed by atoms with Crippen molar-refractivity contribution in [2.45, 2.75) is 65.9 Å². The summed E-state index contributed by atoms with van der Waals surface area (Å²) in [5.41, 5.74) is 1.83. The number of carbonyl (C=O) groups is 2. The topological polar surface area (TPSA) is 56.5 Å². The largest absolute Gasteiger partial charge is 0.469 e. The number of rotatable bonds is 4. The van der Waals surface area contributed by atoms with Crippen LogP contribution >= 0.6 is 0 Å². The minimum Gasteiger partial charge on any atom is -0.469 e. The molecule has 1 saturated carbocycles. The number of furan rings is 1. The first-order valence-electron chi connectivity index (χ1n) is 9.67. The van der Waals surface area contributed by atoms with E-state index in [-0.39, 0.29) is 35.1 Å². The van der Waals surface area contributed by atoms with Gasteiger partial charge >= 0.3 is 5.97 Å². The second-order valence-electron chi connectivity index (χ2n) is 8.68. The van der Waals surface area contributed by atoms with Crippen molar-refractivity contribution < 1.29 is 18.7 Å². The van der Waals surface area contributed by atoms with E-state index in [9.17, 15) is 9.59 Å². The van der Waals surface area contributed by atoms with E-state index < -0.39 is 0 Å². The highest BCUT2D eigenvalue weighted by atomic mass is 16.6. The molecule has 4 heteroatoms. The van der Waals surface area contributed by atoms with Crippen molar-refractivity contribution in [1.29, 1.82) is 0 Å². The zero-order chi connectivity index (χ0) is 17.9. The number of hydrogen-bond acceptors (Lipinski definition) is 4. The molecule has 0 amide bonds. The fourth-order valence-corrected chi connectivity index (χ4v) is 5.58. The second-order valence-corrected chi connectivity index (χ2v) is 8.68. The number of carbonyl (C=O) groups excluding carboxylic acids is 2. The summed E-state index contributed by atoms with van der Waals surface area (Å²) in [7, 11) is 0. The summed E-state index contributed by atoms with van der Waals surface area (Å²) in [4.78, 5) is 25.8. The van der Waals surface area contributed by atoms with E-state index >= 15 is 0 Å². The Morgan fingerprint density at radius 3 is 2.88 bits per heavy atom. The molecule has 1 aromatic heterocycles. The third-order valence-electron chi connectivity index (χ3n) is 7.29. The Morgan fingerprint density at radius 1 is 1.40 bits per heavy atom. The molecule has 3 aliphatic rings. The molecule has 0 bridgehead atoms. The van der Waals surface area contributed by atoms with Gasteiger partial charge in [0.15, 0.2) is 0 Å². The minimum atomic E-state index is -0.296. The average Bonchev–Trinajstić information content (AvgIpc) is 3.06. The molecule has 2 fully saturated rings. The summed E-state index contributed by atoms with van der Waals surface area (Å²) < 4.78 is 11.7. The third-order valence-corrected chi connectivity index (χ3v) is 7.29. The Kier molecular flexibility index (Phi) is 3.86. The first-order chi connectivity index (χ1) is 11.9. The van der Waals surface area contributed by atoms with E-state index in [4.69, 9.17) is 9.15 Å². The Bertz CT molecular complexity index is 717. The first-order valence-corrected chi connectivity index (χ1v) is 9.67. The van der Waals surface area contributed by atoms with Crippen LogP contribution in [0.25, 0.3) is 0 Å². The molecule has 136 valence electrons. The highest BCUT2D eigenvalue weighted by molar-refractivity contribution is 5.89. The molecule has 0 aromatic carbocycles. The maximum Gasteiger partial charge on any atom is 0.311 e. The van der Waals surface area contributed by atoms with Crippen molar-refractivity contribution in [3.8, 4) is 0 Å².